The fourth-order valence-corrected chi connectivity index (χ4v) is 3.31. The van der Waals surface area contributed by atoms with E-state index in [4.69, 9.17) is 4.74 Å². The van der Waals surface area contributed by atoms with Crippen molar-refractivity contribution in [2.24, 2.45) is 0 Å². The van der Waals surface area contributed by atoms with E-state index in [1.807, 2.05) is 51.1 Å². The van der Waals surface area contributed by atoms with E-state index in [1.165, 1.54) is 4.90 Å². The molecule has 0 radical (unpaired) electrons. The van der Waals surface area contributed by atoms with Gasteiger partial charge in [0.25, 0.3) is 11.8 Å². The fraction of sp³-hybridized carbons (Fsp3) is 0.375. The monoisotopic (exact) mass is 408 g/mol. The number of rotatable bonds is 9. The third-order valence-corrected chi connectivity index (χ3v) is 5.01. The van der Waals surface area contributed by atoms with Gasteiger partial charge < -0.3 is 10.1 Å². The fourth-order valence-electron chi connectivity index (χ4n) is 3.31. The van der Waals surface area contributed by atoms with Gasteiger partial charge >= 0.3 is 0 Å². The number of nitrogens with zero attached hydrogens (tertiary/aromatic N) is 1. The largest absolute Gasteiger partial charge is 0.374 e. The van der Waals surface area contributed by atoms with Crippen molar-refractivity contribution in [1.82, 2.24) is 10.2 Å². The minimum atomic E-state index is -0.281. The maximum atomic E-state index is 12.5. The minimum absolute atomic E-state index is 0.102. The van der Waals surface area contributed by atoms with Gasteiger partial charge in [-0.25, -0.2) is 0 Å². The molecule has 0 atom stereocenters. The highest BCUT2D eigenvalue weighted by atomic mass is 16.5. The first-order chi connectivity index (χ1) is 14.3. The summed E-state index contributed by atoms with van der Waals surface area (Å²) in [5.74, 6) is -0.660. The summed E-state index contributed by atoms with van der Waals surface area (Å²) < 4.78 is 5.57. The maximum Gasteiger partial charge on any atom is 0.261 e. The summed E-state index contributed by atoms with van der Waals surface area (Å²) >= 11 is 0. The van der Waals surface area contributed by atoms with Crippen molar-refractivity contribution < 1.29 is 19.1 Å². The molecular formula is C24H28N2O4. The first kappa shape index (κ1) is 21.7. The van der Waals surface area contributed by atoms with Crippen molar-refractivity contribution in [2.75, 3.05) is 6.54 Å². The summed E-state index contributed by atoms with van der Waals surface area (Å²) in [6.45, 7) is 7.14. The van der Waals surface area contributed by atoms with Crippen LogP contribution in [0, 0.1) is 6.92 Å². The minimum Gasteiger partial charge on any atom is -0.374 e. The summed E-state index contributed by atoms with van der Waals surface area (Å²) in [4.78, 5) is 38.2. The van der Waals surface area contributed by atoms with Gasteiger partial charge in [-0.3, -0.25) is 19.3 Å². The Morgan fingerprint density at radius 1 is 1.00 bits per heavy atom. The summed E-state index contributed by atoms with van der Waals surface area (Å²) in [7, 11) is 0. The number of amides is 3. The molecule has 0 aromatic heterocycles. The molecule has 1 heterocycles. The smallest absolute Gasteiger partial charge is 0.261 e. The standard InChI is InChI=1S/C24H28N2O4/c1-16(2)30-15-19-9-7-18(8-10-19)14-25-22(27)5-4-12-26-23(28)20-11-6-17(3)13-21(20)24(26)29/h6-11,13,16H,4-5,12,14-15H2,1-3H3,(H,25,27). The average Bonchev–Trinajstić information content (AvgIpc) is 2.95. The summed E-state index contributed by atoms with van der Waals surface area (Å²) in [5.41, 5.74) is 3.93. The van der Waals surface area contributed by atoms with Crippen LogP contribution in [0.4, 0.5) is 0 Å². The highest BCUT2D eigenvalue weighted by Gasteiger charge is 2.34. The number of hydrogen-bond acceptors (Lipinski definition) is 4. The maximum absolute atomic E-state index is 12.5. The van der Waals surface area contributed by atoms with Gasteiger partial charge in [-0.15, -0.1) is 0 Å². The molecule has 1 aliphatic heterocycles. The Kier molecular flexibility index (Phi) is 7.00. The Balaban J connectivity index is 1.41. The summed E-state index contributed by atoms with van der Waals surface area (Å²) in [5, 5.41) is 2.88. The van der Waals surface area contributed by atoms with Crippen LogP contribution in [0.1, 0.15) is 64.1 Å². The van der Waals surface area contributed by atoms with Crippen LogP contribution in [0.5, 0.6) is 0 Å². The van der Waals surface area contributed by atoms with Gasteiger partial charge in [0, 0.05) is 19.5 Å². The van der Waals surface area contributed by atoms with E-state index >= 15 is 0 Å². The topological polar surface area (TPSA) is 75.7 Å². The second kappa shape index (κ2) is 9.67. The average molecular weight is 408 g/mol. The molecule has 1 aliphatic rings. The Labute approximate surface area is 177 Å². The number of carbonyl (C=O) groups is 3. The number of carbonyl (C=O) groups excluding carboxylic acids is 3. The van der Waals surface area contributed by atoms with E-state index in [0.717, 1.165) is 16.7 Å². The molecular weight excluding hydrogens is 380 g/mol. The number of imide groups is 1. The lowest BCUT2D eigenvalue weighted by atomic mass is 10.1. The molecule has 0 spiro atoms. The Bertz CT molecular complexity index is 935. The molecule has 0 bridgehead atoms. The van der Waals surface area contributed by atoms with Gasteiger partial charge in [-0.2, -0.15) is 0 Å². The summed E-state index contributed by atoms with van der Waals surface area (Å²) in [6, 6.07) is 13.2. The number of aryl methyl sites for hydroxylation is 1. The lowest BCUT2D eigenvalue weighted by Gasteiger charge is -2.13. The van der Waals surface area contributed by atoms with Gasteiger partial charge in [0.1, 0.15) is 0 Å². The first-order valence-corrected chi connectivity index (χ1v) is 10.3. The van der Waals surface area contributed by atoms with Gasteiger partial charge in [0.05, 0.1) is 23.8 Å². The zero-order valence-electron chi connectivity index (χ0n) is 17.7. The van der Waals surface area contributed by atoms with Crippen LogP contribution in [0.25, 0.3) is 0 Å². The van der Waals surface area contributed by atoms with Crippen molar-refractivity contribution in [2.45, 2.75) is 52.9 Å². The SMILES string of the molecule is Cc1ccc2c(c1)C(=O)N(CCCC(=O)NCc1ccc(COC(C)C)cc1)C2=O. The van der Waals surface area contributed by atoms with Crippen molar-refractivity contribution in [3.63, 3.8) is 0 Å². The number of fused-ring (bicyclic) bond motifs is 1. The molecule has 6 heteroatoms. The zero-order chi connectivity index (χ0) is 21.7. The van der Waals surface area contributed by atoms with E-state index in [1.54, 1.807) is 12.1 Å². The van der Waals surface area contributed by atoms with Gasteiger partial charge in [-0.1, -0.05) is 35.9 Å². The quantitative estimate of drug-likeness (QED) is 0.643. The molecule has 3 rings (SSSR count). The Morgan fingerprint density at radius 2 is 1.67 bits per heavy atom. The third-order valence-electron chi connectivity index (χ3n) is 5.01. The van der Waals surface area contributed by atoms with Gasteiger partial charge in [0.2, 0.25) is 5.91 Å². The molecule has 2 aromatic rings. The van der Waals surface area contributed by atoms with Crippen LogP contribution in [0.15, 0.2) is 42.5 Å². The number of nitrogens with one attached hydrogen (secondary N) is 1. The van der Waals surface area contributed by atoms with E-state index in [9.17, 15) is 14.4 Å². The number of ether oxygens (including phenoxy) is 1. The van der Waals surface area contributed by atoms with Crippen LogP contribution >= 0.6 is 0 Å². The van der Waals surface area contributed by atoms with E-state index in [0.29, 0.717) is 30.7 Å². The molecule has 1 N–H and O–H groups in total. The molecule has 6 nitrogen and oxygen atoms in total. The number of benzene rings is 2. The Morgan fingerprint density at radius 3 is 2.37 bits per heavy atom. The van der Waals surface area contributed by atoms with Crippen molar-refractivity contribution >= 4 is 17.7 Å². The van der Waals surface area contributed by atoms with E-state index < -0.39 is 0 Å². The van der Waals surface area contributed by atoms with Crippen molar-refractivity contribution in [3.05, 3.63) is 70.3 Å². The van der Waals surface area contributed by atoms with Gasteiger partial charge in [-0.05, 0) is 50.5 Å². The molecule has 30 heavy (non-hydrogen) atoms. The molecule has 3 amide bonds. The van der Waals surface area contributed by atoms with Crippen molar-refractivity contribution in [3.8, 4) is 0 Å². The molecule has 0 unspecified atom stereocenters. The predicted molar refractivity (Wildman–Crippen MR) is 114 cm³/mol. The van der Waals surface area contributed by atoms with E-state index in [-0.39, 0.29) is 36.8 Å². The first-order valence-electron chi connectivity index (χ1n) is 10.3. The summed E-state index contributed by atoms with van der Waals surface area (Å²) in [6.07, 6.45) is 0.877. The van der Waals surface area contributed by atoms with Gasteiger partial charge in [0.15, 0.2) is 0 Å². The molecule has 158 valence electrons. The number of hydrogen-bond donors (Lipinski definition) is 1. The second-order valence-corrected chi connectivity index (χ2v) is 7.87. The molecule has 0 saturated carbocycles. The lowest BCUT2D eigenvalue weighted by Crippen LogP contribution is -2.32. The zero-order valence-corrected chi connectivity index (χ0v) is 17.7. The van der Waals surface area contributed by atoms with Crippen LogP contribution < -0.4 is 5.32 Å². The van der Waals surface area contributed by atoms with Crippen LogP contribution in [0.2, 0.25) is 0 Å². The molecule has 0 saturated heterocycles. The highest BCUT2D eigenvalue weighted by Crippen LogP contribution is 2.24. The molecule has 0 aliphatic carbocycles. The molecule has 0 fully saturated rings. The highest BCUT2D eigenvalue weighted by molar-refractivity contribution is 6.21. The second-order valence-electron chi connectivity index (χ2n) is 7.87. The normalized spacial score (nSPS) is 13.1. The molecule has 2 aromatic carbocycles. The van der Waals surface area contributed by atoms with E-state index in [2.05, 4.69) is 5.32 Å². The van der Waals surface area contributed by atoms with Crippen LogP contribution in [-0.4, -0.2) is 35.3 Å². The van der Waals surface area contributed by atoms with Crippen LogP contribution in [0.3, 0.4) is 0 Å². The third kappa shape index (κ3) is 5.33. The Hall–Kier alpha value is -2.99. The van der Waals surface area contributed by atoms with Crippen LogP contribution in [-0.2, 0) is 22.7 Å². The lowest BCUT2D eigenvalue weighted by molar-refractivity contribution is -0.121. The predicted octanol–water partition coefficient (Wildman–Crippen LogP) is 3.61. The van der Waals surface area contributed by atoms with Crippen molar-refractivity contribution in [1.29, 1.82) is 0 Å².